The Bertz CT molecular complexity index is 538. The van der Waals surface area contributed by atoms with E-state index in [1.165, 1.54) is 0 Å². The second-order valence-corrected chi connectivity index (χ2v) is 4.06. The van der Waals surface area contributed by atoms with Gasteiger partial charge in [0.1, 0.15) is 11.8 Å². The SMILES string of the molecule is CCCCCn1nnc(C#N)c1-c1ccncc1. The van der Waals surface area contributed by atoms with Crippen LogP contribution in [-0.2, 0) is 6.54 Å². The van der Waals surface area contributed by atoms with Gasteiger partial charge in [-0.25, -0.2) is 4.68 Å². The van der Waals surface area contributed by atoms with Crippen molar-refractivity contribution in [2.45, 2.75) is 32.7 Å². The molecule has 0 spiro atoms. The van der Waals surface area contributed by atoms with Gasteiger partial charge >= 0.3 is 0 Å². The Balaban J connectivity index is 2.32. The van der Waals surface area contributed by atoms with E-state index in [1.54, 1.807) is 12.4 Å². The molecule has 0 radical (unpaired) electrons. The van der Waals surface area contributed by atoms with Gasteiger partial charge in [0, 0.05) is 24.5 Å². The Kier molecular flexibility index (Phi) is 4.02. The summed E-state index contributed by atoms with van der Waals surface area (Å²) < 4.78 is 1.81. The third kappa shape index (κ3) is 2.54. The fourth-order valence-electron chi connectivity index (χ4n) is 1.85. The lowest BCUT2D eigenvalue weighted by Crippen LogP contribution is -2.03. The van der Waals surface area contributed by atoms with Crippen LogP contribution in [0.3, 0.4) is 0 Å². The van der Waals surface area contributed by atoms with Crippen molar-refractivity contribution in [3.8, 4) is 17.3 Å². The number of hydrogen-bond acceptors (Lipinski definition) is 4. The van der Waals surface area contributed by atoms with Gasteiger partial charge in [0.05, 0.1) is 0 Å². The number of pyridine rings is 1. The first-order chi connectivity index (χ1) is 8.86. The van der Waals surface area contributed by atoms with Crippen molar-refractivity contribution in [3.05, 3.63) is 30.2 Å². The molecule has 2 heterocycles. The van der Waals surface area contributed by atoms with E-state index >= 15 is 0 Å². The van der Waals surface area contributed by atoms with Crippen LogP contribution in [0.4, 0.5) is 0 Å². The summed E-state index contributed by atoms with van der Waals surface area (Å²) in [5.74, 6) is 0. The maximum absolute atomic E-state index is 9.08. The molecular weight excluding hydrogens is 226 g/mol. The second kappa shape index (κ2) is 5.92. The van der Waals surface area contributed by atoms with Gasteiger partial charge < -0.3 is 0 Å². The zero-order valence-corrected chi connectivity index (χ0v) is 10.4. The maximum Gasteiger partial charge on any atom is 0.190 e. The number of nitrogens with zero attached hydrogens (tertiary/aromatic N) is 5. The van der Waals surface area contributed by atoms with Crippen LogP contribution in [0.2, 0.25) is 0 Å². The first-order valence-electron chi connectivity index (χ1n) is 6.10. The largest absolute Gasteiger partial charge is 0.265 e. The molecule has 0 saturated carbocycles. The molecule has 0 aliphatic carbocycles. The predicted molar refractivity (Wildman–Crippen MR) is 67.5 cm³/mol. The normalized spacial score (nSPS) is 10.2. The fraction of sp³-hybridized carbons (Fsp3) is 0.385. The van der Waals surface area contributed by atoms with E-state index in [0.717, 1.165) is 37.1 Å². The molecule has 0 N–H and O–H groups in total. The first kappa shape index (κ1) is 12.2. The molecule has 92 valence electrons. The van der Waals surface area contributed by atoms with E-state index in [0.29, 0.717) is 5.69 Å². The van der Waals surface area contributed by atoms with Crippen molar-refractivity contribution in [2.75, 3.05) is 0 Å². The van der Waals surface area contributed by atoms with E-state index in [-0.39, 0.29) is 0 Å². The highest BCUT2D eigenvalue weighted by Crippen LogP contribution is 2.21. The molecule has 0 aromatic carbocycles. The van der Waals surface area contributed by atoms with Crippen LogP contribution in [-0.4, -0.2) is 20.0 Å². The van der Waals surface area contributed by atoms with Crippen molar-refractivity contribution in [1.82, 2.24) is 20.0 Å². The minimum absolute atomic E-state index is 0.373. The zero-order chi connectivity index (χ0) is 12.8. The molecule has 2 aromatic heterocycles. The van der Waals surface area contributed by atoms with Gasteiger partial charge in [0.2, 0.25) is 0 Å². The number of rotatable bonds is 5. The van der Waals surface area contributed by atoms with Crippen molar-refractivity contribution >= 4 is 0 Å². The zero-order valence-electron chi connectivity index (χ0n) is 10.4. The Morgan fingerprint density at radius 3 is 2.72 bits per heavy atom. The molecule has 0 unspecified atom stereocenters. The summed E-state index contributed by atoms with van der Waals surface area (Å²) in [5.41, 5.74) is 2.09. The number of aryl methyl sites for hydroxylation is 1. The monoisotopic (exact) mass is 241 g/mol. The summed E-state index contributed by atoms with van der Waals surface area (Å²) in [6, 6.07) is 5.83. The van der Waals surface area contributed by atoms with Crippen LogP contribution in [0, 0.1) is 11.3 Å². The highest BCUT2D eigenvalue weighted by atomic mass is 15.4. The molecule has 0 saturated heterocycles. The average molecular weight is 241 g/mol. The van der Waals surface area contributed by atoms with Gasteiger partial charge in [-0.2, -0.15) is 5.26 Å². The molecule has 5 heteroatoms. The quantitative estimate of drug-likeness (QED) is 0.754. The van der Waals surface area contributed by atoms with Gasteiger partial charge in [0.25, 0.3) is 0 Å². The van der Waals surface area contributed by atoms with E-state index in [9.17, 15) is 0 Å². The molecule has 0 bridgehead atoms. The molecule has 0 aliphatic rings. The molecular formula is C13H15N5. The van der Waals surface area contributed by atoms with Gasteiger partial charge in [-0.1, -0.05) is 25.0 Å². The fourth-order valence-corrected chi connectivity index (χ4v) is 1.85. The first-order valence-corrected chi connectivity index (χ1v) is 6.10. The van der Waals surface area contributed by atoms with E-state index < -0.39 is 0 Å². The highest BCUT2D eigenvalue weighted by Gasteiger charge is 2.13. The summed E-state index contributed by atoms with van der Waals surface area (Å²) >= 11 is 0. The van der Waals surface area contributed by atoms with Crippen LogP contribution in [0.1, 0.15) is 31.9 Å². The van der Waals surface area contributed by atoms with Gasteiger partial charge in [0.15, 0.2) is 5.69 Å². The minimum Gasteiger partial charge on any atom is -0.265 e. The maximum atomic E-state index is 9.08. The van der Waals surface area contributed by atoms with Crippen molar-refractivity contribution in [1.29, 1.82) is 5.26 Å². The molecule has 0 atom stereocenters. The smallest absolute Gasteiger partial charge is 0.190 e. The topological polar surface area (TPSA) is 67.4 Å². The second-order valence-electron chi connectivity index (χ2n) is 4.06. The van der Waals surface area contributed by atoms with Crippen LogP contribution in [0.5, 0.6) is 0 Å². The Morgan fingerprint density at radius 1 is 1.28 bits per heavy atom. The third-order valence-corrected chi connectivity index (χ3v) is 2.77. The van der Waals surface area contributed by atoms with E-state index in [4.69, 9.17) is 5.26 Å². The molecule has 0 fully saturated rings. The predicted octanol–water partition coefficient (Wildman–Crippen LogP) is 2.40. The molecule has 2 aromatic rings. The van der Waals surface area contributed by atoms with Crippen LogP contribution in [0.15, 0.2) is 24.5 Å². The number of hydrogen-bond donors (Lipinski definition) is 0. The molecule has 18 heavy (non-hydrogen) atoms. The highest BCUT2D eigenvalue weighted by molar-refractivity contribution is 5.64. The Morgan fingerprint density at radius 2 is 2.06 bits per heavy atom. The lowest BCUT2D eigenvalue weighted by Gasteiger charge is -2.05. The number of nitriles is 1. The van der Waals surface area contributed by atoms with Gasteiger partial charge in [-0.15, -0.1) is 5.10 Å². The lowest BCUT2D eigenvalue weighted by molar-refractivity contribution is 0.541. The molecule has 2 rings (SSSR count). The van der Waals surface area contributed by atoms with Gasteiger partial charge in [-0.05, 0) is 18.6 Å². The lowest BCUT2D eigenvalue weighted by atomic mass is 10.1. The summed E-state index contributed by atoms with van der Waals surface area (Å²) in [6.07, 6.45) is 6.77. The van der Waals surface area contributed by atoms with Crippen molar-refractivity contribution in [3.63, 3.8) is 0 Å². The van der Waals surface area contributed by atoms with E-state index in [2.05, 4.69) is 28.3 Å². The molecule has 5 nitrogen and oxygen atoms in total. The third-order valence-electron chi connectivity index (χ3n) is 2.77. The summed E-state index contributed by atoms with van der Waals surface area (Å²) in [5, 5.41) is 17.1. The minimum atomic E-state index is 0.373. The molecule has 0 aliphatic heterocycles. The Hall–Kier alpha value is -2.22. The van der Waals surface area contributed by atoms with Gasteiger partial charge in [-0.3, -0.25) is 4.98 Å². The average Bonchev–Trinajstić information content (AvgIpc) is 2.83. The summed E-state index contributed by atoms with van der Waals surface area (Å²) in [6.45, 7) is 2.95. The standard InChI is InChI=1S/C13H15N5/c1-2-3-4-9-18-13(12(10-14)16-17-18)11-5-7-15-8-6-11/h5-8H,2-4,9H2,1H3. The van der Waals surface area contributed by atoms with Crippen LogP contribution >= 0.6 is 0 Å². The van der Waals surface area contributed by atoms with Crippen LogP contribution in [0.25, 0.3) is 11.3 Å². The number of unbranched alkanes of at least 4 members (excludes halogenated alkanes) is 2. The Labute approximate surface area is 106 Å². The van der Waals surface area contributed by atoms with E-state index in [1.807, 2.05) is 16.8 Å². The molecule has 0 amide bonds. The van der Waals surface area contributed by atoms with Crippen molar-refractivity contribution < 1.29 is 0 Å². The van der Waals surface area contributed by atoms with Crippen LogP contribution < -0.4 is 0 Å². The summed E-state index contributed by atoms with van der Waals surface area (Å²) in [4.78, 5) is 3.98. The number of aromatic nitrogens is 4. The summed E-state index contributed by atoms with van der Waals surface area (Å²) in [7, 11) is 0. The van der Waals surface area contributed by atoms with Crippen molar-refractivity contribution in [2.24, 2.45) is 0 Å².